The van der Waals surface area contributed by atoms with Gasteiger partial charge in [-0.1, -0.05) is 24.6 Å². The van der Waals surface area contributed by atoms with Gasteiger partial charge in [0.15, 0.2) is 0 Å². The summed E-state index contributed by atoms with van der Waals surface area (Å²) in [5.41, 5.74) is 5.32. The Morgan fingerprint density at radius 2 is 2.07 bits per heavy atom. The van der Waals surface area contributed by atoms with Crippen molar-refractivity contribution in [2.24, 2.45) is 0 Å². The Hall–Kier alpha value is -1.29. The van der Waals surface area contributed by atoms with Crippen LogP contribution in [-0.4, -0.2) is 0 Å². The highest BCUT2D eigenvalue weighted by molar-refractivity contribution is 5.48. The van der Waals surface area contributed by atoms with Gasteiger partial charge in [0.2, 0.25) is 0 Å². The molecule has 0 amide bonds. The molecule has 0 saturated carbocycles. The van der Waals surface area contributed by atoms with Crippen LogP contribution in [0.3, 0.4) is 0 Å². The maximum absolute atomic E-state index is 9.06. The van der Waals surface area contributed by atoms with Gasteiger partial charge < -0.3 is 0 Å². The van der Waals surface area contributed by atoms with Gasteiger partial charge in [-0.25, -0.2) is 0 Å². The summed E-state index contributed by atoms with van der Waals surface area (Å²) in [7, 11) is 0. The zero-order valence-corrected chi connectivity index (χ0v) is 8.96. The molecule has 1 aromatic carbocycles. The summed E-state index contributed by atoms with van der Waals surface area (Å²) in [6.07, 6.45) is 0.996. The van der Waals surface area contributed by atoms with E-state index < -0.39 is 0 Å². The maximum Gasteiger partial charge on any atom is 0.0721 e. The fraction of sp³-hybridized carbons (Fsp3) is 0.462. The second-order valence-electron chi connectivity index (χ2n) is 4.40. The van der Waals surface area contributed by atoms with Gasteiger partial charge in [0.05, 0.1) is 12.0 Å². The molecule has 0 N–H and O–H groups in total. The van der Waals surface area contributed by atoms with Crippen molar-refractivity contribution in [1.29, 1.82) is 5.26 Å². The minimum atomic E-state index is 0.124. The van der Waals surface area contributed by atoms with Crippen LogP contribution in [0.1, 0.15) is 47.4 Å². The van der Waals surface area contributed by atoms with Crippen LogP contribution in [0.5, 0.6) is 0 Å². The van der Waals surface area contributed by atoms with Gasteiger partial charge in [0.1, 0.15) is 0 Å². The summed E-state index contributed by atoms with van der Waals surface area (Å²) in [6, 6.07) is 6.80. The molecule has 2 unspecified atom stereocenters. The van der Waals surface area contributed by atoms with Crippen LogP contribution in [0.2, 0.25) is 0 Å². The fourth-order valence-corrected chi connectivity index (χ4v) is 2.69. The van der Waals surface area contributed by atoms with E-state index in [0.29, 0.717) is 5.92 Å². The molecule has 0 bridgehead atoms. The van der Waals surface area contributed by atoms with E-state index in [9.17, 15) is 0 Å². The number of hydrogen-bond donors (Lipinski definition) is 0. The second-order valence-corrected chi connectivity index (χ2v) is 4.40. The van der Waals surface area contributed by atoms with Gasteiger partial charge in [0, 0.05) is 0 Å². The Morgan fingerprint density at radius 3 is 2.71 bits per heavy atom. The summed E-state index contributed by atoms with van der Waals surface area (Å²) < 4.78 is 0. The van der Waals surface area contributed by atoms with Gasteiger partial charge in [0.25, 0.3) is 0 Å². The largest absolute Gasteiger partial charge is 0.198 e. The van der Waals surface area contributed by atoms with Gasteiger partial charge in [-0.2, -0.15) is 5.26 Å². The number of nitriles is 1. The number of rotatable bonds is 0. The van der Waals surface area contributed by atoms with E-state index in [1.54, 1.807) is 0 Å². The highest BCUT2D eigenvalue weighted by Crippen LogP contribution is 2.43. The molecule has 1 aromatic rings. The van der Waals surface area contributed by atoms with Crippen LogP contribution in [0.15, 0.2) is 12.1 Å². The van der Waals surface area contributed by atoms with Crippen LogP contribution in [-0.2, 0) is 0 Å². The first kappa shape index (κ1) is 9.27. The summed E-state index contributed by atoms with van der Waals surface area (Å²) >= 11 is 0. The molecular weight excluding hydrogens is 170 g/mol. The number of aryl methyl sites for hydroxylation is 2. The number of hydrogen-bond acceptors (Lipinski definition) is 1. The van der Waals surface area contributed by atoms with Crippen LogP contribution in [0.4, 0.5) is 0 Å². The quantitative estimate of drug-likeness (QED) is 0.607. The third-order valence-corrected chi connectivity index (χ3v) is 3.18. The molecule has 1 nitrogen and oxygen atoms in total. The van der Waals surface area contributed by atoms with E-state index in [2.05, 4.69) is 39.0 Å². The van der Waals surface area contributed by atoms with E-state index in [4.69, 9.17) is 5.26 Å². The Morgan fingerprint density at radius 1 is 1.36 bits per heavy atom. The molecule has 1 heteroatoms. The topological polar surface area (TPSA) is 23.8 Å². The third kappa shape index (κ3) is 1.23. The minimum Gasteiger partial charge on any atom is -0.198 e. The lowest BCUT2D eigenvalue weighted by Gasteiger charge is -2.09. The first-order valence-electron chi connectivity index (χ1n) is 5.14. The molecule has 0 aromatic heterocycles. The molecule has 0 saturated heterocycles. The summed E-state index contributed by atoms with van der Waals surface area (Å²) in [5.74, 6) is 0.675. The van der Waals surface area contributed by atoms with Crippen LogP contribution in [0.25, 0.3) is 0 Å². The van der Waals surface area contributed by atoms with Crippen molar-refractivity contribution in [3.8, 4) is 6.07 Å². The lowest BCUT2D eigenvalue weighted by Crippen LogP contribution is -1.93. The van der Waals surface area contributed by atoms with E-state index in [1.165, 1.54) is 22.3 Å². The number of nitrogens with zero attached hydrogens (tertiary/aromatic N) is 1. The first-order chi connectivity index (χ1) is 6.63. The molecule has 0 fully saturated rings. The third-order valence-electron chi connectivity index (χ3n) is 3.18. The second kappa shape index (κ2) is 3.13. The molecule has 1 aliphatic rings. The summed E-state index contributed by atoms with van der Waals surface area (Å²) in [4.78, 5) is 0. The van der Waals surface area contributed by atoms with Crippen LogP contribution in [0, 0.1) is 25.2 Å². The standard InChI is InChI=1S/C13H15N/c1-8-4-9(2)13-10(3)6-11(7-14)12(13)5-8/h4-5,10-11H,6H2,1-3H3. The van der Waals surface area contributed by atoms with Crippen molar-refractivity contribution < 1.29 is 0 Å². The Bertz CT molecular complexity index is 412. The Kier molecular flexibility index (Phi) is 2.07. The molecule has 2 atom stereocenters. The fourth-order valence-electron chi connectivity index (χ4n) is 2.69. The molecule has 0 heterocycles. The monoisotopic (exact) mass is 185 g/mol. The highest BCUT2D eigenvalue weighted by Gasteiger charge is 2.29. The lowest BCUT2D eigenvalue weighted by atomic mass is 9.95. The molecular formula is C13H15N. The normalized spacial score (nSPS) is 24.4. The van der Waals surface area contributed by atoms with E-state index in [-0.39, 0.29) is 5.92 Å². The molecule has 0 aliphatic heterocycles. The van der Waals surface area contributed by atoms with Crippen molar-refractivity contribution >= 4 is 0 Å². The predicted octanol–water partition coefficient (Wildman–Crippen LogP) is 3.42. The summed E-state index contributed by atoms with van der Waals surface area (Å²) in [5, 5.41) is 9.06. The van der Waals surface area contributed by atoms with Crippen LogP contribution >= 0.6 is 0 Å². The van der Waals surface area contributed by atoms with Crippen molar-refractivity contribution in [3.05, 3.63) is 34.4 Å². The van der Waals surface area contributed by atoms with Crippen LogP contribution < -0.4 is 0 Å². The zero-order valence-electron chi connectivity index (χ0n) is 8.96. The maximum atomic E-state index is 9.06. The zero-order chi connectivity index (χ0) is 10.3. The lowest BCUT2D eigenvalue weighted by molar-refractivity contribution is 0.704. The van der Waals surface area contributed by atoms with Crippen molar-refractivity contribution in [1.82, 2.24) is 0 Å². The number of benzene rings is 1. The van der Waals surface area contributed by atoms with Gasteiger partial charge in [-0.3, -0.25) is 0 Å². The Balaban J connectivity index is 2.63. The smallest absolute Gasteiger partial charge is 0.0721 e. The van der Waals surface area contributed by atoms with E-state index in [1.807, 2.05) is 0 Å². The van der Waals surface area contributed by atoms with Crippen molar-refractivity contribution in [2.45, 2.75) is 39.0 Å². The average Bonchev–Trinajstić information content (AvgIpc) is 2.42. The molecule has 0 spiro atoms. The predicted molar refractivity (Wildman–Crippen MR) is 57.3 cm³/mol. The molecule has 0 radical (unpaired) electrons. The molecule has 1 aliphatic carbocycles. The van der Waals surface area contributed by atoms with Crippen molar-refractivity contribution in [3.63, 3.8) is 0 Å². The average molecular weight is 185 g/mol. The number of fused-ring (bicyclic) bond motifs is 1. The van der Waals surface area contributed by atoms with Crippen molar-refractivity contribution in [2.75, 3.05) is 0 Å². The molecule has 72 valence electrons. The highest BCUT2D eigenvalue weighted by atomic mass is 14.4. The van der Waals surface area contributed by atoms with Gasteiger partial charge in [-0.15, -0.1) is 0 Å². The SMILES string of the molecule is Cc1cc(C)c2c(c1)C(C#N)CC2C. The van der Waals surface area contributed by atoms with E-state index in [0.717, 1.165) is 6.42 Å². The Labute approximate surface area is 85.4 Å². The van der Waals surface area contributed by atoms with Gasteiger partial charge >= 0.3 is 0 Å². The van der Waals surface area contributed by atoms with E-state index >= 15 is 0 Å². The first-order valence-corrected chi connectivity index (χ1v) is 5.14. The molecule has 14 heavy (non-hydrogen) atoms. The molecule has 2 rings (SSSR count). The minimum absolute atomic E-state index is 0.124. The summed E-state index contributed by atoms with van der Waals surface area (Å²) in [6.45, 7) is 6.48. The van der Waals surface area contributed by atoms with Gasteiger partial charge in [-0.05, 0) is 42.9 Å².